The smallest absolute Gasteiger partial charge is 0.236 e. The molecule has 0 saturated carbocycles. The Morgan fingerprint density at radius 2 is 1.71 bits per heavy atom. The topological polar surface area (TPSA) is 63.7 Å². The maximum absolute atomic E-state index is 11.9. The molecule has 0 aliphatic heterocycles. The summed E-state index contributed by atoms with van der Waals surface area (Å²) in [6.45, 7) is 2.53. The van der Waals surface area contributed by atoms with Crippen LogP contribution in [-0.2, 0) is 9.59 Å². The van der Waals surface area contributed by atoms with Crippen molar-refractivity contribution in [3.63, 3.8) is 0 Å². The maximum atomic E-state index is 11.9. The minimum atomic E-state index is -1.07. The summed E-state index contributed by atoms with van der Waals surface area (Å²) in [6, 6.07) is 0. The molecule has 17 heavy (non-hydrogen) atoms. The van der Waals surface area contributed by atoms with E-state index in [1.807, 2.05) is 0 Å². The zero-order valence-electron chi connectivity index (χ0n) is 11.1. The van der Waals surface area contributed by atoms with Crippen molar-refractivity contribution in [2.24, 2.45) is 0 Å². The van der Waals surface area contributed by atoms with Gasteiger partial charge in [0.15, 0.2) is 0 Å². The van der Waals surface area contributed by atoms with Crippen molar-refractivity contribution in [2.75, 3.05) is 20.6 Å². The van der Waals surface area contributed by atoms with Gasteiger partial charge in [0.25, 0.3) is 0 Å². The molecule has 0 aromatic rings. The first kappa shape index (κ1) is 15.9. The molecule has 0 bridgehead atoms. The van der Waals surface area contributed by atoms with Gasteiger partial charge < -0.3 is 9.90 Å². The van der Waals surface area contributed by atoms with E-state index in [4.69, 9.17) is 0 Å². The molecular weight excluding hydrogens is 220 g/mol. The van der Waals surface area contributed by atoms with E-state index in [2.05, 4.69) is 6.92 Å². The molecule has 0 unspecified atom stereocenters. The Labute approximate surface area is 103 Å². The predicted molar refractivity (Wildman–Crippen MR) is 63.8 cm³/mol. The highest BCUT2D eigenvalue weighted by molar-refractivity contribution is 5.75. The lowest BCUT2D eigenvalue weighted by Crippen LogP contribution is -2.42. The summed E-state index contributed by atoms with van der Waals surface area (Å²) in [5, 5.41) is 13.6. The number of carbonyl (C=O) groups is 2. The van der Waals surface area contributed by atoms with Crippen molar-refractivity contribution >= 4 is 11.9 Å². The maximum Gasteiger partial charge on any atom is 0.236 e. The predicted octanol–water partition coefficient (Wildman–Crippen LogP) is 0.402. The second kappa shape index (κ2) is 8.98. The molecule has 0 fully saturated rings. The summed E-state index contributed by atoms with van der Waals surface area (Å²) in [4.78, 5) is 22.2. The van der Waals surface area contributed by atoms with Gasteiger partial charge in [-0.25, -0.2) is 5.01 Å². The average Bonchev–Trinajstić information content (AvgIpc) is 2.23. The molecule has 0 N–H and O–H groups in total. The number of aliphatic carboxylic acids is 1. The highest BCUT2D eigenvalue weighted by Gasteiger charge is 2.14. The van der Waals surface area contributed by atoms with Crippen LogP contribution in [0.5, 0.6) is 0 Å². The van der Waals surface area contributed by atoms with Gasteiger partial charge in [0, 0.05) is 33.0 Å². The lowest BCUT2D eigenvalue weighted by Gasteiger charge is -2.29. The number of nitrogens with zero attached hydrogens (tertiary/aromatic N) is 2. The highest BCUT2D eigenvalue weighted by atomic mass is 16.4. The van der Waals surface area contributed by atoms with Crippen LogP contribution in [0.4, 0.5) is 0 Å². The molecule has 0 aliphatic carbocycles. The Hall–Kier alpha value is -1.10. The third-order valence-electron chi connectivity index (χ3n) is 2.52. The molecular formula is C12H23N2O3-. The second-order valence-electron chi connectivity index (χ2n) is 4.30. The minimum Gasteiger partial charge on any atom is -0.550 e. The second-order valence-corrected chi connectivity index (χ2v) is 4.30. The zero-order chi connectivity index (χ0) is 13.3. The van der Waals surface area contributed by atoms with E-state index in [-0.39, 0.29) is 12.3 Å². The number of carbonyl (C=O) groups excluding carboxylic acids is 2. The highest BCUT2D eigenvalue weighted by Crippen LogP contribution is 2.05. The van der Waals surface area contributed by atoms with E-state index in [9.17, 15) is 14.7 Å². The van der Waals surface area contributed by atoms with Crippen molar-refractivity contribution < 1.29 is 14.7 Å². The van der Waals surface area contributed by atoms with Crippen molar-refractivity contribution in [3.05, 3.63) is 0 Å². The van der Waals surface area contributed by atoms with Crippen LogP contribution < -0.4 is 5.11 Å². The molecule has 0 spiro atoms. The molecule has 0 aliphatic rings. The normalized spacial score (nSPS) is 10.6. The van der Waals surface area contributed by atoms with Crippen LogP contribution in [0.25, 0.3) is 0 Å². The summed E-state index contributed by atoms with van der Waals surface area (Å²) in [5.74, 6) is -1.01. The summed E-state index contributed by atoms with van der Waals surface area (Å²) >= 11 is 0. The van der Waals surface area contributed by atoms with Crippen LogP contribution in [0.15, 0.2) is 0 Å². The van der Waals surface area contributed by atoms with Crippen LogP contribution in [0.3, 0.4) is 0 Å². The first-order valence-corrected chi connectivity index (χ1v) is 6.16. The first-order chi connectivity index (χ1) is 7.99. The van der Waals surface area contributed by atoms with Crippen molar-refractivity contribution in [1.29, 1.82) is 0 Å². The lowest BCUT2D eigenvalue weighted by molar-refractivity contribution is -0.305. The number of carboxylic acid groups (broad SMARTS) is 1. The van der Waals surface area contributed by atoms with Gasteiger partial charge in [0.05, 0.1) is 0 Å². The fourth-order valence-electron chi connectivity index (χ4n) is 1.58. The standard InChI is InChI=1S/C12H24N2O3/c1-4-5-6-8-11(15)14(13(2)3)10-7-9-12(16)17/h4-10H2,1-3H3,(H,16,17)/p-1. The van der Waals surface area contributed by atoms with Gasteiger partial charge in [-0.1, -0.05) is 19.8 Å². The molecule has 5 nitrogen and oxygen atoms in total. The molecule has 0 saturated heterocycles. The van der Waals surface area contributed by atoms with Crippen LogP contribution >= 0.6 is 0 Å². The monoisotopic (exact) mass is 243 g/mol. The number of amides is 1. The molecule has 1 amide bonds. The Bertz CT molecular complexity index is 242. The van der Waals surface area contributed by atoms with E-state index in [1.54, 1.807) is 24.1 Å². The third-order valence-corrected chi connectivity index (χ3v) is 2.52. The Kier molecular flexibility index (Phi) is 8.40. The largest absolute Gasteiger partial charge is 0.550 e. The Morgan fingerprint density at radius 1 is 1.06 bits per heavy atom. The lowest BCUT2D eigenvalue weighted by atomic mass is 10.2. The van der Waals surface area contributed by atoms with Crippen molar-refractivity contribution in [2.45, 2.75) is 45.4 Å². The van der Waals surface area contributed by atoms with Crippen LogP contribution in [-0.4, -0.2) is 42.5 Å². The SMILES string of the molecule is CCCCCC(=O)N(CCCC(=O)[O-])N(C)C. The van der Waals surface area contributed by atoms with Crippen molar-refractivity contribution in [3.8, 4) is 0 Å². The number of rotatable bonds is 9. The molecule has 100 valence electrons. The van der Waals surface area contributed by atoms with Gasteiger partial charge in [0.1, 0.15) is 0 Å². The van der Waals surface area contributed by atoms with Crippen LogP contribution in [0.1, 0.15) is 45.4 Å². The molecule has 0 rings (SSSR count). The molecule has 0 heterocycles. The fourth-order valence-corrected chi connectivity index (χ4v) is 1.58. The van der Waals surface area contributed by atoms with Crippen LogP contribution in [0, 0.1) is 0 Å². The van der Waals surface area contributed by atoms with Gasteiger partial charge in [-0.3, -0.25) is 9.80 Å². The zero-order valence-corrected chi connectivity index (χ0v) is 11.1. The number of hydrazine groups is 1. The van der Waals surface area contributed by atoms with Crippen LogP contribution in [0.2, 0.25) is 0 Å². The summed E-state index contributed by atoms with van der Waals surface area (Å²) < 4.78 is 0. The van der Waals surface area contributed by atoms with E-state index >= 15 is 0 Å². The Balaban J connectivity index is 4.03. The number of hydrogen-bond donors (Lipinski definition) is 0. The number of unbranched alkanes of at least 4 members (excludes halogenated alkanes) is 2. The summed E-state index contributed by atoms with van der Waals surface area (Å²) in [6.07, 6.45) is 3.97. The van der Waals surface area contributed by atoms with E-state index in [0.29, 0.717) is 19.4 Å². The molecule has 0 atom stereocenters. The van der Waals surface area contributed by atoms with Crippen molar-refractivity contribution in [1.82, 2.24) is 10.0 Å². The number of hydrogen-bond acceptors (Lipinski definition) is 4. The molecule has 0 aromatic heterocycles. The van der Waals surface area contributed by atoms with Gasteiger partial charge in [-0.2, -0.15) is 0 Å². The first-order valence-electron chi connectivity index (χ1n) is 6.16. The van der Waals surface area contributed by atoms with Gasteiger partial charge in [-0.05, 0) is 19.3 Å². The van der Waals surface area contributed by atoms with E-state index in [1.165, 1.54) is 0 Å². The minimum absolute atomic E-state index is 0.00736. The molecule has 0 aromatic carbocycles. The molecule has 5 heteroatoms. The number of carboxylic acids is 1. The summed E-state index contributed by atoms with van der Waals surface area (Å²) in [7, 11) is 3.58. The fraction of sp³-hybridized carbons (Fsp3) is 0.833. The van der Waals surface area contributed by atoms with E-state index in [0.717, 1.165) is 19.3 Å². The molecule has 0 radical (unpaired) electrons. The third kappa shape index (κ3) is 7.74. The average molecular weight is 243 g/mol. The van der Waals surface area contributed by atoms with Gasteiger partial charge in [-0.15, -0.1) is 0 Å². The van der Waals surface area contributed by atoms with E-state index < -0.39 is 5.97 Å². The quantitative estimate of drug-likeness (QED) is 0.434. The van der Waals surface area contributed by atoms with Gasteiger partial charge >= 0.3 is 0 Å². The Morgan fingerprint density at radius 3 is 2.18 bits per heavy atom. The van der Waals surface area contributed by atoms with Gasteiger partial charge in [0.2, 0.25) is 5.91 Å². The summed E-state index contributed by atoms with van der Waals surface area (Å²) in [5.41, 5.74) is 0.